The summed E-state index contributed by atoms with van der Waals surface area (Å²) >= 11 is 1.56. The minimum atomic E-state index is -0.476. The first-order chi connectivity index (χ1) is 15.0. The number of ether oxygens (including phenoxy) is 2. The Kier molecular flexibility index (Phi) is 6.11. The van der Waals surface area contributed by atoms with Gasteiger partial charge >= 0.3 is 0 Å². The molecule has 1 aliphatic rings. The van der Waals surface area contributed by atoms with Crippen molar-refractivity contribution < 1.29 is 19.2 Å². The van der Waals surface area contributed by atoms with Gasteiger partial charge in [0.2, 0.25) is 5.91 Å². The van der Waals surface area contributed by atoms with Crippen molar-refractivity contribution >= 4 is 29.0 Å². The molecule has 4 rings (SSSR count). The molecule has 1 atom stereocenters. The van der Waals surface area contributed by atoms with Crippen molar-refractivity contribution in [1.82, 2.24) is 5.32 Å². The fourth-order valence-corrected chi connectivity index (χ4v) is 4.15. The molecule has 1 aromatic heterocycles. The van der Waals surface area contributed by atoms with Crippen molar-refractivity contribution in [2.45, 2.75) is 19.6 Å². The van der Waals surface area contributed by atoms with Gasteiger partial charge in [-0.15, -0.1) is 11.3 Å². The SMILES string of the molecule is Cc1ccc(C(NC(=O)/C=C/c2cc([N+](=O)[O-])cc3c2OCOC3)c2cccs2)cc1. The number of rotatable bonds is 6. The third-order valence-electron chi connectivity index (χ3n) is 4.87. The Labute approximate surface area is 183 Å². The Morgan fingerprint density at radius 3 is 2.77 bits per heavy atom. The van der Waals surface area contributed by atoms with E-state index in [0.717, 1.165) is 16.0 Å². The zero-order chi connectivity index (χ0) is 21.8. The Bertz CT molecular complexity index is 1120. The van der Waals surface area contributed by atoms with Crippen LogP contribution in [0.5, 0.6) is 5.75 Å². The van der Waals surface area contributed by atoms with Crippen LogP contribution >= 0.6 is 11.3 Å². The van der Waals surface area contributed by atoms with Crippen molar-refractivity contribution in [3.8, 4) is 5.75 Å². The molecule has 1 N–H and O–H groups in total. The molecule has 2 heterocycles. The van der Waals surface area contributed by atoms with Gasteiger partial charge in [-0.05, 0) is 30.0 Å². The molecule has 31 heavy (non-hydrogen) atoms. The number of hydrogen-bond donors (Lipinski definition) is 1. The molecule has 0 radical (unpaired) electrons. The van der Waals surface area contributed by atoms with Gasteiger partial charge in [0.25, 0.3) is 5.69 Å². The van der Waals surface area contributed by atoms with Crippen LogP contribution < -0.4 is 10.1 Å². The van der Waals surface area contributed by atoms with Crippen LogP contribution in [0, 0.1) is 17.0 Å². The molecule has 0 saturated carbocycles. The molecule has 1 amide bonds. The largest absolute Gasteiger partial charge is 0.467 e. The monoisotopic (exact) mass is 436 g/mol. The van der Waals surface area contributed by atoms with E-state index in [0.29, 0.717) is 16.9 Å². The van der Waals surface area contributed by atoms with Gasteiger partial charge in [-0.1, -0.05) is 35.9 Å². The van der Waals surface area contributed by atoms with Crippen LogP contribution in [-0.2, 0) is 16.1 Å². The zero-order valence-corrected chi connectivity index (χ0v) is 17.6. The van der Waals surface area contributed by atoms with Crippen LogP contribution in [0.4, 0.5) is 5.69 Å². The second-order valence-electron chi connectivity index (χ2n) is 7.09. The lowest BCUT2D eigenvalue weighted by Crippen LogP contribution is -2.27. The molecule has 0 aliphatic carbocycles. The number of non-ortho nitro benzene ring substituents is 1. The van der Waals surface area contributed by atoms with E-state index in [4.69, 9.17) is 9.47 Å². The standard InChI is InChI=1S/C23H20N2O5S/c1-15-4-6-16(7-5-15)22(20-3-2-10-31-20)24-21(26)9-8-17-11-19(25(27)28)12-18-13-29-14-30-23(17)18/h2-12,22H,13-14H2,1H3,(H,24,26)/b9-8+. The van der Waals surface area contributed by atoms with Gasteiger partial charge in [0, 0.05) is 34.2 Å². The van der Waals surface area contributed by atoms with Gasteiger partial charge in [0.05, 0.1) is 17.6 Å². The van der Waals surface area contributed by atoms with E-state index in [1.54, 1.807) is 11.3 Å². The summed E-state index contributed by atoms with van der Waals surface area (Å²) in [7, 11) is 0. The van der Waals surface area contributed by atoms with Crippen LogP contribution in [0.2, 0.25) is 0 Å². The number of benzene rings is 2. The first-order valence-corrected chi connectivity index (χ1v) is 10.5. The van der Waals surface area contributed by atoms with E-state index < -0.39 is 4.92 Å². The molecule has 7 nitrogen and oxygen atoms in total. The van der Waals surface area contributed by atoms with E-state index in [-0.39, 0.29) is 31.0 Å². The molecular weight excluding hydrogens is 416 g/mol. The Morgan fingerprint density at radius 1 is 1.26 bits per heavy atom. The first-order valence-electron chi connectivity index (χ1n) is 9.61. The summed E-state index contributed by atoms with van der Waals surface area (Å²) in [6, 6.07) is 14.5. The number of carbonyl (C=O) groups excluding carboxylic acids is 1. The zero-order valence-electron chi connectivity index (χ0n) is 16.7. The van der Waals surface area contributed by atoms with Crippen molar-refractivity contribution in [1.29, 1.82) is 0 Å². The molecule has 1 aliphatic heterocycles. The number of thiophene rings is 1. The number of hydrogen-bond acceptors (Lipinski definition) is 6. The number of nitrogens with zero attached hydrogens (tertiary/aromatic N) is 1. The highest BCUT2D eigenvalue weighted by Crippen LogP contribution is 2.33. The molecule has 8 heteroatoms. The highest BCUT2D eigenvalue weighted by Gasteiger charge is 2.21. The highest BCUT2D eigenvalue weighted by atomic mass is 32.1. The molecule has 0 fully saturated rings. The third kappa shape index (κ3) is 4.82. The summed E-state index contributed by atoms with van der Waals surface area (Å²) in [6.45, 7) is 2.29. The number of amides is 1. The summed E-state index contributed by atoms with van der Waals surface area (Å²) in [4.78, 5) is 24.6. The maximum Gasteiger partial charge on any atom is 0.270 e. The van der Waals surface area contributed by atoms with Gasteiger partial charge in [0.1, 0.15) is 5.75 Å². The minimum Gasteiger partial charge on any atom is -0.467 e. The van der Waals surface area contributed by atoms with E-state index in [9.17, 15) is 14.9 Å². The van der Waals surface area contributed by atoms with Gasteiger partial charge < -0.3 is 14.8 Å². The number of carbonyl (C=O) groups is 1. The van der Waals surface area contributed by atoms with Crippen molar-refractivity contribution in [3.63, 3.8) is 0 Å². The maximum atomic E-state index is 12.8. The van der Waals surface area contributed by atoms with Crippen LogP contribution in [0.25, 0.3) is 6.08 Å². The lowest BCUT2D eigenvalue weighted by Gasteiger charge is -2.19. The second-order valence-corrected chi connectivity index (χ2v) is 8.07. The van der Waals surface area contributed by atoms with Crippen LogP contribution in [0.1, 0.15) is 33.2 Å². The van der Waals surface area contributed by atoms with Gasteiger partial charge in [-0.2, -0.15) is 0 Å². The van der Waals surface area contributed by atoms with E-state index >= 15 is 0 Å². The summed E-state index contributed by atoms with van der Waals surface area (Å²) in [5.74, 6) is 0.181. The topological polar surface area (TPSA) is 90.7 Å². The number of nitro groups is 1. The molecule has 0 bridgehead atoms. The fourth-order valence-electron chi connectivity index (χ4n) is 3.35. The third-order valence-corrected chi connectivity index (χ3v) is 5.81. The number of nitro benzene ring substituents is 1. The molecule has 2 aromatic carbocycles. The second kappa shape index (κ2) is 9.11. The van der Waals surface area contributed by atoms with Crippen molar-refractivity contribution in [2.24, 2.45) is 0 Å². The van der Waals surface area contributed by atoms with Crippen molar-refractivity contribution in [2.75, 3.05) is 6.79 Å². The van der Waals surface area contributed by atoms with Crippen LogP contribution in [-0.4, -0.2) is 17.6 Å². The molecule has 0 saturated heterocycles. The Hall–Kier alpha value is -3.49. The fraction of sp³-hybridized carbons (Fsp3) is 0.174. The molecule has 1 unspecified atom stereocenters. The van der Waals surface area contributed by atoms with Crippen LogP contribution in [0.15, 0.2) is 60.0 Å². The lowest BCUT2D eigenvalue weighted by molar-refractivity contribution is -0.385. The van der Waals surface area contributed by atoms with Gasteiger partial charge in [-0.3, -0.25) is 14.9 Å². The smallest absolute Gasteiger partial charge is 0.270 e. The average molecular weight is 436 g/mol. The normalized spacial score (nSPS) is 14.0. The number of nitrogens with one attached hydrogen (secondary N) is 1. The predicted octanol–water partition coefficient (Wildman–Crippen LogP) is 4.75. The molecule has 158 valence electrons. The minimum absolute atomic E-state index is 0.0612. The number of fused-ring (bicyclic) bond motifs is 1. The predicted molar refractivity (Wildman–Crippen MR) is 118 cm³/mol. The molecular formula is C23H20N2O5S. The highest BCUT2D eigenvalue weighted by molar-refractivity contribution is 7.10. The first kappa shape index (κ1) is 20.8. The molecule has 3 aromatic rings. The quantitative estimate of drug-likeness (QED) is 0.342. The lowest BCUT2D eigenvalue weighted by atomic mass is 10.0. The molecule has 0 spiro atoms. The summed E-state index contributed by atoms with van der Waals surface area (Å²) < 4.78 is 10.7. The number of aryl methyl sites for hydroxylation is 1. The van der Waals surface area contributed by atoms with Crippen molar-refractivity contribution in [3.05, 3.63) is 97.2 Å². The maximum absolute atomic E-state index is 12.8. The van der Waals surface area contributed by atoms with E-state index in [1.807, 2.05) is 48.7 Å². The summed E-state index contributed by atoms with van der Waals surface area (Å²) in [5, 5.41) is 16.3. The van der Waals surface area contributed by atoms with Gasteiger partial charge in [-0.25, -0.2) is 0 Å². The van der Waals surface area contributed by atoms with Crippen LogP contribution in [0.3, 0.4) is 0 Å². The summed E-state index contributed by atoms with van der Waals surface area (Å²) in [5.41, 5.74) is 3.08. The Morgan fingerprint density at radius 2 is 2.06 bits per heavy atom. The Balaban J connectivity index is 1.59. The summed E-state index contributed by atoms with van der Waals surface area (Å²) in [6.07, 6.45) is 2.90. The van der Waals surface area contributed by atoms with E-state index in [2.05, 4.69) is 5.32 Å². The van der Waals surface area contributed by atoms with Gasteiger partial charge in [0.15, 0.2) is 6.79 Å². The van der Waals surface area contributed by atoms with E-state index in [1.165, 1.54) is 24.3 Å². The average Bonchev–Trinajstić information content (AvgIpc) is 3.31.